The molecule has 0 atom stereocenters. The molecule has 0 amide bonds. The van der Waals surface area contributed by atoms with E-state index in [1.165, 1.54) is 36.4 Å². The van der Waals surface area contributed by atoms with E-state index in [9.17, 15) is 17.6 Å². The Morgan fingerprint density at radius 3 is 2.10 bits per heavy atom. The van der Waals surface area contributed by atoms with Crippen LogP contribution in [0.4, 0.5) is 4.39 Å². The third kappa shape index (κ3) is 3.88. The smallest absolute Gasteiger partial charge is 0.335 e. The summed E-state index contributed by atoms with van der Waals surface area (Å²) < 4.78 is 37.8. The summed E-state index contributed by atoms with van der Waals surface area (Å²) >= 11 is 0. The van der Waals surface area contributed by atoms with Crippen molar-refractivity contribution in [3.63, 3.8) is 0 Å². The van der Waals surface area contributed by atoms with E-state index in [2.05, 4.69) is 0 Å². The summed E-state index contributed by atoms with van der Waals surface area (Å²) in [5.74, 6) is -2.68. The molecule has 2 aromatic rings. The van der Waals surface area contributed by atoms with Crippen LogP contribution in [0, 0.1) is 5.82 Å². The van der Waals surface area contributed by atoms with Crippen molar-refractivity contribution < 1.29 is 22.7 Å². The minimum absolute atomic E-state index is 0.0605. The highest BCUT2D eigenvalue weighted by molar-refractivity contribution is 7.89. The van der Waals surface area contributed by atoms with Gasteiger partial charge in [-0.25, -0.2) is 17.6 Å². The van der Waals surface area contributed by atoms with E-state index in [0.717, 1.165) is 0 Å². The Balaban J connectivity index is 2.27. The first-order chi connectivity index (χ1) is 9.89. The monoisotopic (exact) mass is 308 g/mol. The van der Waals surface area contributed by atoms with Crippen molar-refractivity contribution in [1.29, 1.82) is 0 Å². The molecule has 0 aromatic heterocycles. The van der Waals surface area contributed by atoms with Crippen LogP contribution >= 0.6 is 0 Å². The third-order valence-corrected chi connectivity index (χ3v) is 4.46. The molecule has 0 spiro atoms. The van der Waals surface area contributed by atoms with Gasteiger partial charge in [0.2, 0.25) is 0 Å². The van der Waals surface area contributed by atoms with Gasteiger partial charge in [0.05, 0.1) is 17.1 Å². The van der Waals surface area contributed by atoms with E-state index in [4.69, 9.17) is 5.11 Å². The van der Waals surface area contributed by atoms with Crippen LogP contribution in [0.2, 0.25) is 0 Å². The molecule has 4 nitrogen and oxygen atoms in total. The molecule has 110 valence electrons. The molecule has 0 aliphatic carbocycles. The number of hydrogen-bond acceptors (Lipinski definition) is 3. The van der Waals surface area contributed by atoms with E-state index in [1.54, 1.807) is 12.1 Å². The second-order valence-corrected chi connectivity index (χ2v) is 6.65. The van der Waals surface area contributed by atoms with Crippen LogP contribution in [0.15, 0.2) is 48.5 Å². The first-order valence-electron chi connectivity index (χ1n) is 6.14. The van der Waals surface area contributed by atoms with Crippen molar-refractivity contribution in [3.05, 3.63) is 71.0 Å². The largest absolute Gasteiger partial charge is 0.478 e. The zero-order chi connectivity index (χ0) is 15.5. The topological polar surface area (TPSA) is 71.4 Å². The van der Waals surface area contributed by atoms with Crippen molar-refractivity contribution in [2.24, 2.45) is 0 Å². The average Bonchev–Trinajstić information content (AvgIpc) is 2.41. The van der Waals surface area contributed by atoms with E-state index in [1.807, 2.05) is 0 Å². The summed E-state index contributed by atoms with van der Waals surface area (Å²) in [6.07, 6.45) is 0. The Morgan fingerprint density at radius 1 is 0.952 bits per heavy atom. The van der Waals surface area contributed by atoms with Gasteiger partial charge in [-0.15, -0.1) is 0 Å². The predicted octanol–water partition coefficient (Wildman–Crippen LogP) is 2.64. The molecule has 21 heavy (non-hydrogen) atoms. The molecule has 2 aromatic carbocycles. The molecule has 0 aliphatic rings. The Labute approximate surface area is 121 Å². The molecule has 0 unspecified atom stereocenters. The van der Waals surface area contributed by atoms with Crippen LogP contribution < -0.4 is 0 Å². The molecule has 0 saturated carbocycles. The van der Waals surface area contributed by atoms with Crippen LogP contribution in [0.3, 0.4) is 0 Å². The fourth-order valence-electron chi connectivity index (χ4n) is 2.00. The van der Waals surface area contributed by atoms with Crippen molar-refractivity contribution in [2.45, 2.75) is 11.5 Å². The lowest BCUT2D eigenvalue weighted by molar-refractivity contribution is 0.0696. The highest BCUT2D eigenvalue weighted by Gasteiger charge is 2.19. The van der Waals surface area contributed by atoms with Crippen LogP contribution in [0.1, 0.15) is 21.5 Å². The SMILES string of the molecule is O=C(O)c1ccccc1CS(=O)(=O)Cc1ccccc1F. The molecule has 0 bridgehead atoms. The van der Waals surface area contributed by atoms with Crippen molar-refractivity contribution in [3.8, 4) is 0 Å². The molecular weight excluding hydrogens is 295 g/mol. The number of carboxylic acids is 1. The highest BCUT2D eigenvalue weighted by atomic mass is 32.2. The fourth-order valence-corrected chi connectivity index (χ4v) is 3.53. The maximum atomic E-state index is 13.5. The average molecular weight is 308 g/mol. The lowest BCUT2D eigenvalue weighted by Gasteiger charge is -2.08. The molecule has 0 fully saturated rings. The highest BCUT2D eigenvalue weighted by Crippen LogP contribution is 2.17. The Bertz CT molecular complexity index is 769. The second kappa shape index (κ2) is 6.05. The molecular formula is C15H13FO4S. The van der Waals surface area contributed by atoms with Crippen LogP contribution in [-0.2, 0) is 21.3 Å². The van der Waals surface area contributed by atoms with Gasteiger partial charge in [-0.05, 0) is 17.7 Å². The number of halogens is 1. The van der Waals surface area contributed by atoms with Gasteiger partial charge in [-0.3, -0.25) is 0 Å². The number of aromatic carboxylic acids is 1. The van der Waals surface area contributed by atoms with Crippen LogP contribution in [0.25, 0.3) is 0 Å². The van der Waals surface area contributed by atoms with Crippen molar-refractivity contribution in [2.75, 3.05) is 0 Å². The summed E-state index contributed by atoms with van der Waals surface area (Å²) in [6, 6.07) is 11.5. The van der Waals surface area contributed by atoms with Gasteiger partial charge in [0.15, 0.2) is 9.84 Å². The van der Waals surface area contributed by atoms with Crippen molar-refractivity contribution >= 4 is 15.8 Å². The van der Waals surface area contributed by atoms with Gasteiger partial charge in [0, 0.05) is 5.56 Å². The summed E-state index contributed by atoms with van der Waals surface area (Å²) in [4.78, 5) is 11.1. The number of hydrogen-bond donors (Lipinski definition) is 1. The van der Waals surface area contributed by atoms with Gasteiger partial charge in [0.25, 0.3) is 0 Å². The summed E-state index contributed by atoms with van der Waals surface area (Å²) in [6.45, 7) is 0. The minimum Gasteiger partial charge on any atom is -0.478 e. The summed E-state index contributed by atoms with van der Waals surface area (Å²) in [5, 5.41) is 9.04. The van der Waals surface area contributed by atoms with Gasteiger partial charge in [-0.2, -0.15) is 0 Å². The van der Waals surface area contributed by atoms with Gasteiger partial charge >= 0.3 is 5.97 Å². The van der Waals surface area contributed by atoms with Gasteiger partial charge < -0.3 is 5.11 Å². The molecule has 0 saturated heterocycles. The number of sulfone groups is 1. The Kier molecular flexibility index (Phi) is 4.37. The van der Waals surface area contributed by atoms with E-state index in [-0.39, 0.29) is 16.7 Å². The molecule has 0 heterocycles. The molecule has 2 rings (SSSR count). The summed E-state index contributed by atoms with van der Waals surface area (Å²) in [7, 11) is -3.67. The fraction of sp³-hybridized carbons (Fsp3) is 0.133. The predicted molar refractivity (Wildman–Crippen MR) is 76.1 cm³/mol. The molecule has 6 heteroatoms. The number of rotatable bonds is 5. The minimum atomic E-state index is -3.67. The van der Waals surface area contributed by atoms with Crippen LogP contribution in [0.5, 0.6) is 0 Å². The Morgan fingerprint density at radius 2 is 1.48 bits per heavy atom. The zero-order valence-electron chi connectivity index (χ0n) is 11.0. The number of carboxylic acid groups (broad SMARTS) is 1. The molecule has 0 aliphatic heterocycles. The summed E-state index contributed by atoms with van der Waals surface area (Å²) in [5.41, 5.74) is 0.209. The molecule has 1 N–H and O–H groups in total. The van der Waals surface area contributed by atoms with Gasteiger partial charge in [0.1, 0.15) is 5.82 Å². The maximum absolute atomic E-state index is 13.5. The second-order valence-electron chi connectivity index (χ2n) is 4.59. The first-order valence-corrected chi connectivity index (χ1v) is 7.96. The quantitative estimate of drug-likeness (QED) is 0.921. The third-order valence-electron chi connectivity index (χ3n) is 2.96. The van der Waals surface area contributed by atoms with Crippen LogP contribution in [-0.4, -0.2) is 19.5 Å². The van der Waals surface area contributed by atoms with E-state index in [0.29, 0.717) is 0 Å². The Hall–Kier alpha value is -2.21. The number of benzene rings is 2. The lowest BCUT2D eigenvalue weighted by atomic mass is 10.1. The zero-order valence-corrected chi connectivity index (χ0v) is 11.8. The van der Waals surface area contributed by atoms with Gasteiger partial charge in [-0.1, -0.05) is 36.4 Å². The number of carbonyl (C=O) groups is 1. The van der Waals surface area contributed by atoms with Crippen molar-refractivity contribution in [1.82, 2.24) is 0 Å². The molecule has 0 radical (unpaired) electrons. The first kappa shape index (κ1) is 15.2. The maximum Gasteiger partial charge on any atom is 0.335 e. The van der Waals surface area contributed by atoms with E-state index < -0.39 is 33.1 Å². The lowest BCUT2D eigenvalue weighted by Crippen LogP contribution is -2.12. The standard InChI is InChI=1S/C15H13FO4S/c16-14-8-4-2-6-12(14)10-21(19,20)9-11-5-1-3-7-13(11)15(17)18/h1-8H,9-10H2,(H,17,18). The van der Waals surface area contributed by atoms with E-state index >= 15 is 0 Å². The normalized spacial score (nSPS) is 11.3.